The SMILES string of the molecule is NCC(=O)NN=C1c2cccc(C(=O)O)c2NC1O. The van der Waals surface area contributed by atoms with E-state index in [0.29, 0.717) is 5.56 Å². The topological polar surface area (TPSA) is 137 Å². The Morgan fingerprint density at radius 1 is 1.47 bits per heavy atom. The first-order valence-electron chi connectivity index (χ1n) is 5.42. The predicted octanol–water partition coefficient (Wildman–Crippen LogP) is -1.09. The van der Waals surface area contributed by atoms with E-state index in [1.54, 1.807) is 6.07 Å². The van der Waals surface area contributed by atoms with Gasteiger partial charge in [0.25, 0.3) is 5.91 Å². The van der Waals surface area contributed by atoms with E-state index in [1.807, 2.05) is 0 Å². The van der Waals surface area contributed by atoms with Gasteiger partial charge in [-0.25, -0.2) is 10.2 Å². The first-order chi connectivity index (χ1) is 9.04. The summed E-state index contributed by atoms with van der Waals surface area (Å²) in [6, 6.07) is 4.53. The molecule has 1 aromatic rings. The van der Waals surface area contributed by atoms with Gasteiger partial charge in [-0.3, -0.25) is 4.79 Å². The summed E-state index contributed by atoms with van der Waals surface area (Å²) in [5.41, 5.74) is 8.13. The van der Waals surface area contributed by atoms with Gasteiger partial charge in [0.2, 0.25) is 0 Å². The second-order valence-electron chi connectivity index (χ2n) is 3.82. The molecule has 1 aromatic carbocycles. The van der Waals surface area contributed by atoms with E-state index in [2.05, 4.69) is 15.8 Å². The Morgan fingerprint density at radius 3 is 2.84 bits per heavy atom. The highest BCUT2D eigenvalue weighted by Gasteiger charge is 2.30. The summed E-state index contributed by atoms with van der Waals surface area (Å²) in [6.45, 7) is -0.234. The molecule has 8 heteroatoms. The number of amides is 1. The van der Waals surface area contributed by atoms with E-state index in [1.165, 1.54) is 12.1 Å². The van der Waals surface area contributed by atoms with Crippen molar-refractivity contribution >= 4 is 23.3 Å². The van der Waals surface area contributed by atoms with Crippen molar-refractivity contribution in [1.82, 2.24) is 5.43 Å². The maximum Gasteiger partial charge on any atom is 0.337 e. The Labute approximate surface area is 107 Å². The van der Waals surface area contributed by atoms with Crippen LogP contribution in [0.25, 0.3) is 0 Å². The molecule has 0 spiro atoms. The Hall–Kier alpha value is -2.45. The number of hydrogen-bond donors (Lipinski definition) is 5. The maximum absolute atomic E-state index is 11.0. The van der Waals surface area contributed by atoms with Crippen molar-refractivity contribution < 1.29 is 19.8 Å². The van der Waals surface area contributed by atoms with Crippen LogP contribution in [0.3, 0.4) is 0 Å². The number of carboxylic acids is 1. The van der Waals surface area contributed by atoms with E-state index in [0.717, 1.165) is 0 Å². The van der Waals surface area contributed by atoms with Crippen LogP contribution in [0, 0.1) is 0 Å². The fourth-order valence-corrected chi connectivity index (χ4v) is 1.74. The summed E-state index contributed by atoms with van der Waals surface area (Å²) in [4.78, 5) is 22.1. The van der Waals surface area contributed by atoms with Crippen LogP contribution >= 0.6 is 0 Å². The molecule has 8 nitrogen and oxygen atoms in total. The molecule has 1 heterocycles. The lowest BCUT2D eigenvalue weighted by Gasteiger charge is -2.04. The fraction of sp³-hybridized carbons (Fsp3) is 0.182. The van der Waals surface area contributed by atoms with Crippen LogP contribution in [-0.2, 0) is 4.79 Å². The molecule has 0 saturated heterocycles. The van der Waals surface area contributed by atoms with Crippen LogP contribution in [0.2, 0.25) is 0 Å². The number of nitrogens with zero attached hydrogens (tertiary/aromatic N) is 1. The predicted molar refractivity (Wildman–Crippen MR) is 66.8 cm³/mol. The van der Waals surface area contributed by atoms with Gasteiger partial charge in [-0.15, -0.1) is 0 Å². The normalized spacial score (nSPS) is 18.8. The lowest BCUT2D eigenvalue weighted by atomic mass is 10.1. The van der Waals surface area contributed by atoms with E-state index in [-0.39, 0.29) is 23.5 Å². The molecule has 1 aliphatic rings. The smallest absolute Gasteiger partial charge is 0.337 e. The summed E-state index contributed by atoms with van der Waals surface area (Å²) in [5, 5.41) is 25.2. The number of carbonyl (C=O) groups excluding carboxylic acids is 1. The number of aliphatic hydroxyl groups excluding tert-OH is 1. The van der Waals surface area contributed by atoms with Gasteiger partial charge in [-0.05, 0) is 6.07 Å². The first-order valence-corrected chi connectivity index (χ1v) is 5.42. The number of hydrogen-bond acceptors (Lipinski definition) is 6. The molecular weight excluding hydrogens is 252 g/mol. The van der Waals surface area contributed by atoms with Crippen molar-refractivity contribution in [3.05, 3.63) is 29.3 Å². The molecule has 19 heavy (non-hydrogen) atoms. The monoisotopic (exact) mass is 264 g/mol. The number of fused-ring (bicyclic) bond motifs is 1. The van der Waals surface area contributed by atoms with Gasteiger partial charge < -0.3 is 21.3 Å². The fourth-order valence-electron chi connectivity index (χ4n) is 1.74. The summed E-state index contributed by atoms with van der Waals surface area (Å²) < 4.78 is 0. The second-order valence-corrected chi connectivity index (χ2v) is 3.82. The minimum absolute atomic E-state index is 0.0203. The van der Waals surface area contributed by atoms with Crippen molar-refractivity contribution in [2.24, 2.45) is 10.8 Å². The molecule has 0 bridgehead atoms. The zero-order chi connectivity index (χ0) is 14.0. The third-order valence-corrected chi connectivity index (χ3v) is 2.60. The summed E-state index contributed by atoms with van der Waals surface area (Å²) >= 11 is 0. The number of nitrogens with one attached hydrogen (secondary N) is 2. The Balaban J connectivity index is 2.39. The number of para-hydroxylation sites is 1. The Kier molecular flexibility index (Phi) is 3.45. The molecule has 2 rings (SSSR count). The van der Waals surface area contributed by atoms with Crippen LogP contribution in [0.5, 0.6) is 0 Å². The number of carbonyl (C=O) groups is 2. The Bertz CT molecular complexity index is 570. The summed E-state index contributed by atoms with van der Waals surface area (Å²) in [6.07, 6.45) is -1.19. The Morgan fingerprint density at radius 2 is 2.21 bits per heavy atom. The lowest BCUT2D eigenvalue weighted by Crippen LogP contribution is -2.30. The summed E-state index contributed by atoms with van der Waals surface area (Å²) in [5.74, 6) is -1.63. The van der Waals surface area contributed by atoms with Crippen LogP contribution in [-0.4, -0.2) is 40.6 Å². The zero-order valence-corrected chi connectivity index (χ0v) is 9.75. The van der Waals surface area contributed by atoms with Crippen molar-refractivity contribution in [3.8, 4) is 0 Å². The average molecular weight is 264 g/mol. The van der Waals surface area contributed by atoms with E-state index < -0.39 is 18.1 Å². The number of aliphatic hydroxyl groups is 1. The molecule has 0 aliphatic carbocycles. The number of benzene rings is 1. The van der Waals surface area contributed by atoms with Crippen LogP contribution < -0.4 is 16.5 Å². The number of hydrazone groups is 1. The minimum Gasteiger partial charge on any atom is -0.478 e. The molecular formula is C11H12N4O4. The highest BCUT2D eigenvalue weighted by molar-refractivity contribution is 6.16. The van der Waals surface area contributed by atoms with Crippen molar-refractivity contribution in [1.29, 1.82) is 0 Å². The lowest BCUT2D eigenvalue weighted by molar-refractivity contribution is -0.119. The quantitative estimate of drug-likeness (QED) is 0.440. The van der Waals surface area contributed by atoms with Crippen LogP contribution in [0.4, 0.5) is 5.69 Å². The molecule has 0 saturated carbocycles. The number of nitrogens with two attached hydrogens (primary N) is 1. The standard InChI is InChI=1S/C11H12N4O4/c12-4-7(16)14-15-9-5-2-1-3-6(11(18)19)8(5)13-10(9)17/h1-3,10,13,17H,4,12H2,(H,14,16)(H,18,19). The van der Waals surface area contributed by atoms with E-state index in [9.17, 15) is 14.7 Å². The minimum atomic E-state index is -1.19. The number of rotatable bonds is 3. The van der Waals surface area contributed by atoms with Gasteiger partial charge in [0.1, 0.15) is 5.71 Å². The van der Waals surface area contributed by atoms with Gasteiger partial charge in [-0.2, -0.15) is 5.10 Å². The molecule has 1 amide bonds. The van der Waals surface area contributed by atoms with Crippen LogP contribution in [0.15, 0.2) is 23.3 Å². The first kappa shape index (κ1) is 13.0. The van der Waals surface area contributed by atoms with Crippen molar-refractivity contribution in [2.45, 2.75) is 6.23 Å². The van der Waals surface area contributed by atoms with Gasteiger partial charge in [0, 0.05) is 5.56 Å². The molecule has 0 radical (unpaired) electrons. The molecule has 1 atom stereocenters. The highest BCUT2D eigenvalue weighted by Crippen LogP contribution is 2.29. The third kappa shape index (κ3) is 2.39. The highest BCUT2D eigenvalue weighted by atomic mass is 16.4. The number of aromatic carboxylic acids is 1. The van der Waals surface area contributed by atoms with E-state index in [4.69, 9.17) is 10.8 Å². The van der Waals surface area contributed by atoms with Crippen molar-refractivity contribution in [3.63, 3.8) is 0 Å². The number of anilines is 1. The third-order valence-electron chi connectivity index (χ3n) is 2.60. The molecule has 1 unspecified atom stereocenters. The largest absolute Gasteiger partial charge is 0.478 e. The van der Waals surface area contributed by atoms with Gasteiger partial charge in [-0.1, -0.05) is 12.1 Å². The van der Waals surface area contributed by atoms with Crippen LogP contribution in [0.1, 0.15) is 15.9 Å². The summed E-state index contributed by atoms with van der Waals surface area (Å²) in [7, 11) is 0. The van der Waals surface area contributed by atoms with Crippen molar-refractivity contribution in [2.75, 3.05) is 11.9 Å². The molecule has 0 aromatic heterocycles. The number of carboxylic acid groups (broad SMARTS) is 1. The zero-order valence-electron chi connectivity index (χ0n) is 9.75. The molecule has 0 fully saturated rings. The average Bonchev–Trinajstić information content (AvgIpc) is 2.71. The second kappa shape index (κ2) is 5.04. The molecule has 100 valence electrons. The van der Waals surface area contributed by atoms with Gasteiger partial charge >= 0.3 is 5.97 Å². The molecule has 1 aliphatic heterocycles. The maximum atomic E-state index is 11.0. The van der Waals surface area contributed by atoms with Gasteiger partial charge in [0.15, 0.2) is 6.23 Å². The molecule has 6 N–H and O–H groups in total. The van der Waals surface area contributed by atoms with E-state index >= 15 is 0 Å². The van der Waals surface area contributed by atoms with Gasteiger partial charge in [0.05, 0.1) is 17.8 Å².